The van der Waals surface area contributed by atoms with Gasteiger partial charge in [-0.15, -0.1) is 0 Å². The van der Waals surface area contributed by atoms with Crippen molar-refractivity contribution >= 4 is 38.8 Å². The first-order valence-electron chi connectivity index (χ1n) is 17.2. The van der Waals surface area contributed by atoms with E-state index in [0.29, 0.717) is 0 Å². The van der Waals surface area contributed by atoms with Gasteiger partial charge in [-0.1, -0.05) is 134 Å². The maximum Gasteiger partial charge on any atom is 0.156 e. The Kier molecular flexibility index (Phi) is 7.67. The Morgan fingerprint density at radius 3 is 2.06 bits per heavy atom. The second kappa shape index (κ2) is 12.9. The molecule has 0 bridgehead atoms. The van der Waals surface area contributed by atoms with E-state index in [1.54, 1.807) is 0 Å². The highest BCUT2D eigenvalue weighted by Crippen LogP contribution is 2.39. The molecule has 8 aromatic rings. The number of hydrogen-bond acceptors (Lipinski definition) is 3. The molecule has 0 atom stereocenters. The average molecular weight is 655 g/mol. The van der Waals surface area contributed by atoms with Gasteiger partial charge in [-0.2, -0.15) is 0 Å². The number of hydrogen-bond donors (Lipinski definition) is 0. The predicted octanol–water partition coefficient (Wildman–Crippen LogP) is 11.9. The highest BCUT2D eigenvalue weighted by Gasteiger charge is 2.18. The van der Waals surface area contributed by atoms with E-state index in [0.717, 1.165) is 68.3 Å². The fourth-order valence-corrected chi connectivity index (χ4v) is 7.13. The number of nitrogens with zero attached hydrogens (tertiary/aromatic N) is 4. The van der Waals surface area contributed by atoms with Crippen molar-refractivity contribution in [2.24, 2.45) is 0 Å². The fraction of sp³-hybridized carbons (Fsp3) is 0.0213. The fourth-order valence-electron chi connectivity index (χ4n) is 7.13. The number of anilines is 2. The summed E-state index contributed by atoms with van der Waals surface area (Å²) in [6.07, 6.45) is 12.1. The van der Waals surface area contributed by atoms with Crippen LogP contribution < -0.4 is 4.90 Å². The van der Waals surface area contributed by atoms with Crippen molar-refractivity contribution in [2.75, 3.05) is 11.4 Å². The van der Waals surface area contributed by atoms with E-state index in [1.807, 2.05) is 18.5 Å². The summed E-state index contributed by atoms with van der Waals surface area (Å²) in [6.45, 7) is 5.24. The standard InChI is InChI=1S/C47H34N4/c1-33-13-5-4-12-28-50(39-16-8-3-9-17-39)44-26-24-37(29-41(33)44)38-25-27-46-42(30-38)40-18-10-11-19-45(40)51(46)47-32-48-31-43(49-47)36-22-20-35(21-23-36)34-14-6-2-7-15-34/h2-27,29-32H,1,28H2/b12-4-,13-5-. The molecule has 4 heteroatoms. The number of para-hydroxylation sites is 2. The maximum atomic E-state index is 5.16. The summed E-state index contributed by atoms with van der Waals surface area (Å²) in [5.41, 5.74) is 13.1. The molecule has 2 aromatic heterocycles. The van der Waals surface area contributed by atoms with Gasteiger partial charge in [0.2, 0.25) is 0 Å². The third-order valence-corrected chi connectivity index (χ3v) is 9.68. The lowest BCUT2D eigenvalue weighted by Crippen LogP contribution is -2.18. The van der Waals surface area contributed by atoms with E-state index >= 15 is 0 Å². The summed E-state index contributed by atoms with van der Waals surface area (Å²) in [4.78, 5) is 12.2. The molecule has 1 aliphatic heterocycles. The van der Waals surface area contributed by atoms with Gasteiger partial charge in [0, 0.05) is 39.8 Å². The number of allylic oxidation sites excluding steroid dienone is 4. The van der Waals surface area contributed by atoms with Gasteiger partial charge in [0.25, 0.3) is 0 Å². The molecule has 6 aromatic carbocycles. The molecular formula is C47H34N4. The Morgan fingerprint density at radius 2 is 1.22 bits per heavy atom. The van der Waals surface area contributed by atoms with Crippen LogP contribution in [0.3, 0.4) is 0 Å². The average Bonchev–Trinajstić information content (AvgIpc) is 3.56. The van der Waals surface area contributed by atoms with Gasteiger partial charge in [-0.25, -0.2) is 4.98 Å². The van der Waals surface area contributed by atoms with Gasteiger partial charge in [0.1, 0.15) is 0 Å². The summed E-state index contributed by atoms with van der Waals surface area (Å²) in [7, 11) is 0. The monoisotopic (exact) mass is 654 g/mol. The molecule has 51 heavy (non-hydrogen) atoms. The van der Waals surface area contributed by atoms with Crippen LogP contribution in [0.25, 0.3) is 66.7 Å². The first kappa shape index (κ1) is 30.3. The first-order chi connectivity index (χ1) is 25.2. The topological polar surface area (TPSA) is 34.0 Å². The van der Waals surface area contributed by atoms with Crippen molar-refractivity contribution in [1.29, 1.82) is 0 Å². The van der Waals surface area contributed by atoms with Crippen LogP contribution >= 0.6 is 0 Å². The van der Waals surface area contributed by atoms with Crippen LogP contribution in [0.2, 0.25) is 0 Å². The van der Waals surface area contributed by atoms with Gasteiger partial charge in [0.15, 0.2) is 5.82 Å². The summed E-state index contributed by atoms with van der Waals surface area (Å²) < 4.78 is 2.23. The van der Waals surface area contributed by atoms with Crippen molar-refractivity contribution in [3.8, 4) is 39.3 Å². The Labute approximate surface area is 297 Å². The molecule has 0 amide bonds. The molecule has 1 aliphatic rings. The molecule has 9 rings (SSSR count). The van der Waals surface area contributed by atoms with Gasteiger partial charge >= 0.3 is 0 Å². The van der Waals surface area contributed by atoms with E-state index in [1.165, 1.54) is 21.9 Å². The van der Waals surface area contributed by atoms with Crippen LogP contribution in [0.5, 0.6) is 0 Å². The molecule has 0 unspecified atom stereocenters. The Hall–Kier alpha value is -6.78. The number of rotatable bonds is 5. The number of fused-ring (bicyclic) bond motifs is 4. The molecule has 242 valence electrons. The zero-order chi connectivity index (χ0) is 34.1. The van der Waals surface area contributed by atoms with Crippen molar-refractivity contribution in [3.05, 3.63) is 194 Å². The third kappa shape index (κ3) is 5.63. The molecular weight excluding hydrogens is 621 g/mol. The van der Waals surface area contributed by atoms with Crippen LogP contribution in [-0.4, -0.2) is 21.1 Å². The minimum Gasteiger partial charge on any atom is -0.337 e. The number of benzene rings is 6. The highest BCUT2D eigenvalue weighted by molar-refractivity contribution is 6.10. The van der Waals surface area contributed by atoms with Crippen LogP contribution in [-0.2, 0) is 0 Å². The van der Waals surface area contributed by atoms with Gasteiger partial charge in [-0.3, -0.25) is 9.55 Å². The predicted molar refractivity (Wildman–Crippen MR) is 213 cm³/mol. The van der Waals surface area contributed by atoms with Crippen LogP contribution in [0, 0.1) is 0 Å². The Bertz CT molecular complexity index is 2610. The SMILES string of the molecule is C=C1/C=C\C=C/CN(c2ccccc2)c2ccc(-c3ccc4c(c3)c3ccccc3n4-c3cncc(-c4ccc(-c5ccccc5)cc4)n3)cc21. The molecule has 0 saturated carbocycles. The van der Waals surface area contributed by atoms with Crippen LogP contribution in [0.4, 0.5) is 11.4 Å². The van der Waals surface area contributed by atoms with E-state index in [9.17, 15) is 0 Å². The smallest absolute Gasteiger partial charge is 0.156 e. The second-order valence-corrected chi connectivity index (χ2v) is 12.8. The van der Waals surface area contributed by atoms with Crippen LogP contribution in [0.15, 0.2) is 189 Å². The Morgan fingerprint density at radius 1 is 0.549 bits per heavy atom. The van der Waals surface area contributed by atoms with Gasteiger partial charge in [-0.05, 0) is 70.3 Å². The van der Waals surface area contributed by atoms with E-state index < -0.39 is 0 Å². The van der Waals surface area contributed by atoms with Gasteiger partial charge < -0.3 is 4.90 Å². The van der Waals surface area contributed by atoms with Crippen molar-refractivity contribution in [1.82, 2.24) is 14.5 Å². The maximum absolute atomic E-state index is 5.16. The largest absolute Gasteiger partial charge is 0.337 e. The zero-order valence-corrected chi connectivity index (χ0v) is 28.0. The van der Waals surface area contributed by atoms with Crippen molar-refractivity contribution in [2.45, 2.75) is 0 Å². The van der Waals surface area contributed by atoms with Crippen molar-refractivity contribution in [3.63, 3.8) is 0 Å². The molecule has 0 N–H and O–H groups in total. The Balaban J connectivity index is 1.12. The summed E-state index contributed by atoms with van der Waals surface area (Å²) in [5, 5.41) is 2.34. The molecule has 0 fully saturated rings. The van der Waals surface area contributed by atoms with Gasteiger partial charge in [0.05, 0.1) is 29.1 Å². The lowest BCUT2D eigenvalue weighted by Gasteiger charge is -2.27. The normalized spacial score (nSPS) is 14.1. The second-order valence-electron chi connectivity index (χ2n) is 12.8. The van der Waals surface area contributed by atoms with E-state index in [2.05, 4.69) is 185 Å². The lowest BCUT2D eigenvalue weighted by atomic mass is 9.96. The summed E-state index contributed by atoms with van der Waals surface area (Å²) >= 11 is 0. The molecule has 4 nitrogen and oxygen atoms in total. The quantitative estimate of drug-likeness (QED) is 0.185. The van der Waals surface area contributed by atoms with Crippen molar-refractivity contribution < 1.29 is 0 Å². The van der Waals surface area contributed by atoms with Crippen LogP contribution in [0.1, 0.15) is 5.56 Å². The summed E-state index contributed by atoms with van der Waals surface area (Å²) in [6, 6.07) is 51.5. The lowest BCUT2D eigenvalue weighted by molar-refractivity contribution is 1.05. The summed E-state index contributed by atoms with van der Waals surface area (Å²) in [5.74, 6) is 0.786. The van der Waals surface area contributed by atoms with E-state index in [-0.39, 0.29) is 0 Å². The zero-order valence-electron chi connectivity index (χ0n) is 28.0. The minimum atomic E-state index is 0.766. The minimum absolute atomic E-state index is 0.766. The molecule has 0 saturated heterocycles. The van der Waals surface area contributed by atoms with E-state index in [4.69, 9.17) is 4.98 Å². The third-order valence-electron chi connectivity index (χ3n) is 9.68. The molecule has 0 spiro atoms. The molecule has 0 aliphatic carbocycles. The molecule has 0 radical (unpaired) electrons. The number of aromatic nitrogens is 3. The first-order valence-corrected chi connectivity index (χ1v) is 17.2. The molecule has 3 heterocycles. The highest BCUT2D eigenvalue weighted by atomic mass is 15.1.